The summed E-state index contributed by atoms with van der Waals surface area (Å²) in [5.74, 6) is -6.54. The van der Waals surface area contributed by atoms with Crippen LogP contribution in [0.3, 0.4) is 0 Å². The van der Waals surface area contributed by atoms with E-state index in [2.05, 4.69) is 10.6 Å². The standard InChI is InChI=1S/C33H33F3N4O5.C2HF3O2/c1-3-39(31(44)37-24-16-14-23(15-17-24)33(34,35)36)20-25-26-27(29(42)40(28(26)41)19-22-12-8-5-9-13-22)32(38-25,30(43)45-2)18-21-10-6-4-7-11-21;3-2(4,5)1(6)7/h4-17,25-27,38H,3,18-20H2,1-2H3,(H,37,44);(H,6,7)/t25-,26+,27-,32-;/m1./s1. The molecule has 0 bridgehead atoms. The van der Waals surface area contributed by atoms with Gasteiger partial charge in [-0.1, -0.05) is 60.7 Å². The molecular weight excluding hydrogens is 702 g/mol. The lowest BCUT2D eigenvalue weighted by molar-refractivity contribution is -0.192. The third-order valence-corrected chi connectivity index (χ3v) is 8.70. The van der Waals surface area contributed by atoms with Gasteiger partial charge in [0, 0.05) is 31.2 Å². The summed E-state index contributed by atoms with van der Waals surface area (Å²) in [6.45, 7) is 1.82. The van der Waals surface area contributed by atoms with Crippen LogP contribution in [0, 0.1) is 11.8 Å². The van der Waals surface area contributed by atoms with E-state index in [-0.39, 0.29) is 31.7 Å². The number of benzene rings is 3. The van der Waals surface area contributed by atoms with Crippen molar-refractivity contribution in [1.29, 1.82) is 0 Å². The van der Waals surface area contributed by atoms with E-state index in [1.165, 1.54) is 16.9 Å². The summed E-state index contributed by atoms with van der Waals surface area (Å²) >= 11 is 0. The molecule has 0 aliphatic carbocycles. The zero-order chi connectivity index (χ0) is 38.4. The normalized spacial score (nSPS) is 21.2. The zero-order valence-corrected chi connectivity index (χ0v) is 27.7. The van der Waals surface area contributed by atoms with Crippen molar-refractivity contribution in [3.63, 3.8) is 0 Å². The van der Waals surface area contributed by atoms with Gasteiger partial charge in [0.2, 0.25) is 11.8 Å². The number of imide groups is 1. The number of methoxy groups -OCH3 is 1. The highest BCUT2D eigenvalue weighted by atomic mass is 19.4. The molecule has 0 spiro atoms. The summed E-state index contributed by atoms with van der Waals surface area (Å²) in [5.41, 5.74) is -0.827. The van der Waals surface area contributed by atoms with E-state index < -0.39 is 71.1 Å². The number of hydrogen-bond donors (Lipinski definition) is 3. The third-order valence-electron chi connectivity index (χ3n) is 8.70. The number of esters is 1. The lowest BCUT2D eigenvalue weighted by Gasteiger charge is -2.33. The Morgan fingerprint density at radius 1 is 0.885 bits per heavy atom. The van der Waals surface area contributed by atoms with Gasteiger partial charge >= 0.3 is 30.3 Å². The Bertz CT molecular complexity index is 1760. The molecule has 11 nitrogen and oxygen atoms in total. The average Bonchev–Trinajstić information content (AvgIpc) is 3.55. The molecule has 3 aromatic carbocycles. The number of nitrogens with zero attached hydrogens (tertiary/aromatic N) is 2. The van der Waals surface area contributed by atoms with Gasteiger partial charge in [-0.15, -0.1) is 0 Å². The van der Waals surface area contributed by atoms with Crippen molar-refractivity contribution in [1.82, 2.24) is 15.1 Å². The molecule has 0 saturated carbocycles. The van der Waals surface area contributed by atoms with Gasteiger partial charge in [-0.3, -0.25) is 24.6 Å². The number of anilines is 1. The molecule has 4 atom stereocenters. The number of hydrogen-bond acceptors (Lipinski definition) is 7. The molecule has 0 radical (unpaired) electrons. The van der Waals surface area contributed by atoms with Crippen LogP contribution in [0.5, 0.6) is 0 Å². The number of fused-ring (bicyclic) bond motifs is 1. The van der Waals surface area contributed by atoms with E-state index in [0.717, 1.165) is 35.4 Å². The minimum Gasteiger partial charge on any atom is -0.475 e. The number of nitrogens with one attached hydrogen (secondary N) is 2. The second-order valence-corrected chi connectivity index (χ2v) is 12.0. The highest BCUT2D eigenvalue weighted by Crippen LogP contribution is 2.46. The summed E-state index contributed by atoms with van der Waals surface area (Å²) < 4.78 is 76.0. The van der Waals surface area contributed by atoms with E-state index in [9.17, 15) is 45.5 Å². The molecule has 17 heteroatoms. The average molecular weight is 737 g/mol. The first-order valence-corrected chi connectivity index (χ1v) is 15.8. The summed E-state index contributed by atoms with van der Waals surface area (Å²) in [6.07, 6.45) is -9.55. The van der Waals surface area contributed by atoms with Crippen LogP contribution in [-0.2, 0) is 43.1 Å². The first kappa shape index (κ1) is 39.3. The van der Waals surface area contributed by atoms with E-state index in [1.807, 2.05) is 24.3 Å². The van der Waals surface area contributed by atoms with Gasteiger partial charge < -0.3 is 20.1 Å². The number of carboxylic acid groups (broad SMARTS) is 1. The molecule has 52 heavy (non-hydrogen) atoms. The molecular formula is C35H34F6N4O7. The number of aliphatic carboxylic acids is 1. The first-order valence-electron chi connectivity index (χ1n) is 15.8. The molecule has 278 valence electrons. The first-order chi connectivity index (χ1) is 24.4. The fourth-order valence-corrected chi connectivity index (χ4v) is 6.32. The number of ether oxygens (including phenoxy) is 1. The van der Waals surface area contributed by atoms with Crippen LogP contribution in [0.15, 0.2) is 84.9 Å². The number of rotatable bonds is 9. The molecule has 3 aromatic rings. The maximum Gasteiger partial charge on any atom is 0.490 e. The maximum atomic E-state index is 14.1. The van der Waals surface area contributed by atoms with Gasteiger partial charge in [-0.05, 0) is 42.3 Å². The van der Waals surface area contributed by atoms with Gasteiger partial charge in [-0.25, -0.2) is 9.59 Å². The predicted octanol–water partition coefficient (Wildman–Crippen LogP) is 5.12. The number of carboxylic acids is 1. The number of likely N-dealkylation sites (tertiary alicyclic amines) is 1. The van der Waals surface area contributed by atoms with Crippen molar-refractivity contribution in [3.05, 3.63) is 102 Å². The van der Waals surface area contributed by atoms with Crippen LogP contribution < -0.4 is 10.6 Å². The number of amides is 4. The van der Waals surface area contributed by atoms with E-state index in [1.54, 1.807) is 43.3 Å². The Kier molecular flexibility index (Phi) is 12.0. The second-order valence-electron chi connectivity index (χ2n) is 12.0. The van der Waals surface area contributed by atoms with Gasteiger partial charge in [0.05, 0.1) is 31.1 Å². The fraction of sp³-hybridized carbons (Fsp3) is 0.343. The molecule has 2 aliphatic heterocycles. The Morgan fingerprint density at radius 3 is 1.90 bits per heavy atom. The monoisotopic (exact) mass is 736 g/mol. The highest BCUT2D eigenvalue weighted by molar-refractivity contribution is 6.09. The smallest absolute Gasteiger partial charge is 0.475 e. The highest BCUT2D eigenvalue weighted by Gasteiger charge is 2.68. The van der Waals surface area contributed by atoms with Crippen molar-refractivity contribution in [2.45, 2.75) is 43.8 Å². The van der Waals surface area contributed by atoms with Crippen molar-refractivity contribution < 1.29 is 60.2 Å². The van der Waals surface area contributed by atoms with Crippen LogP contribution in [-0.4, -0.2) is 82.6 Å². The summed E-state index contributed by atoms with van der Waals surface area (Å²) in [7, 11) is 1.22. The maximum absolute atomic E-state index is 14.1. The Morgan fingerprint density at radius 2 is 1.42 bits per heavy atom. The molecule has 3 N–H and O–H groups in total. The Balaban J connectivity index is 0.000000785. The summed E-state index contributed by atoms with van der Waals surface area (Å²) in [6, 6.07) is 20.7. The van der Waals surface area contributed by atoms with Gasteiger partial charge in [0.1, 0.15) is 5.54 Å². The third kappa shape index (κ3) is 8.70. The molecule has 0 aromatic heterocycles. The van der Waals surface area contributed by atoms with Gasteiger partial charge in [-0.2, -0.15) is 26.3 Å². The summed E-state index contributed by atoms with van der Waals surface area (Å²) in [5, 5.41) is 13.0. The summed E-state index contributed by atoms with van der Waals surface area (Å²) in [4.78, 5) is 66.5. The SMILES string of the molecule is CCN(C[C@H]1N[C@@](Cc2ccccc2)(C(=O)OC)[C@H]2C(=O)N(Cc3ccccc3)C(=O)[C@@H]12)C(=O)Nc1ccc(C(F)(F)F)cc1.O=C(O)C(F)(F)F. The lowest BCUT2D eigenvalue weighted by atomic mass is 9.76. The lowest BCUT2D eigenvalue weighted by Crippen LogP contribution is -2.60. The van der Waals surface area contributed by atoms with E-state index in [4.69, 9.17) is 14.6 Å². The quantitative estimate of drug-likeness (QED) is 0.156. The van der Waals surface area contributed by atoms with Crippen molar-refractivity contribution >= 4 is 35.5 Å². The van der Waals surface area contributed by atoms with Crippen LogP contribution in [0.4, 0.5) is 36.8 Å². The minimum absolute atomic E-state index is 0.0206. The van der Waals surface area contributed by atoms with Gasteiger partial charge in [0.15, 0.2) is 0 Å². The number of urea groups is 1. The molecule has 2 fully saturated rings. The Labute approximate surface area is 293 Å². The molecule has 2 aliphatic rings. The largest absolute Gasteiger partial charge is 0.490 e. The predicted molar refractivity (Wildman–Crippen MR) is 172 cm³/mol. The Hall–Kier alpha value is -5.45. The van der Waals surface area contributed by atoms with Crippen LogP contribution in [0.1, 0.15) is 23.6 Å². The molecule has 5 rings (SSSR count). The molecule has 2 saturated heterocycles. The zero-order valence-electron chi connectivity index (χ0n) is 27.7. The van der Waals surface area contributed by atoms with Crippen molar-refractivity contribution in [2.75, 3.05) is 25.5 Å². The van der Waals surface area contributed by atoms with Crippen LogP contribution >= 0.6 is 0 Å². The van der Waals surface area contributed by atoms with E-state index in [0.29, 0.717) is 0 Å². The minimum atomic E-state index is -5.08. The number of halogens is 6. The number of carbonyl (C=O) groups is 5. The van der Waals surface area contributed by atoms with Crippen molar-refractivity contribution in [2.24, 2.45) is 11.8 Å². The van der Waals surface area contributed by atoms with Crippen LogP contribution in [0.2, 0.25) is 0 Å². The second kappa shape index (κ2) is 15.8. The van der Waals surface area contributed by atoms with Gasteiger partial charge in [0.25, 0.3) is 0 Å². The number of alkyl halides is 6. The topological polar surface area (TPSA) is 145 Å². The fourth-order valence-electron chi connectivity index (χ4n) is 6.32. The number of carbonyl (C=O) groups excluding carboxylic acids is 4. The molecule has 0 unspecified atom stereocenters. The van der Waals surface area contributed by atoms with E-state index >= 15 is 0 Å². The number of likely N-dealkylation sites (N-methyl/N-ethyl adjacent to an activating group) is 1. The molecule has 2 heterocycles. The van der Waals surface area contributed by atoms with Crippen molar-refractivity contribution in [3.8, 4) is 0 Å². The molecule has 4 amide bonds. The van der Waals surface area contributed by atoms with Crippen LogP contribution in [0.25, 0.3) is 0 Å².